The van der Waals surface area contributed by atoms with Gasteiger partial charge in [-0.1, -0.05) is 26.2 Å². The lowest BCUT2D eigenvalue weighted by molar-refractivity contribution is -0.157. The summed E-state index contributed by atoms with van der Waals surface area (Å²) in [5.41, 5.74) is 0.238. The van der Waals surface area contributed by atoms with Crippen LogP contribution in [-0.4, -0.2) is 37.7 Å². The first kappa shape index (κ1) is 18.2. The Morgan fingerprint density at radius 2 is 1.96 bits per heavy atom. The first-order valence-electron chi connectivity index (χ1n) is 10.3. The largest absolute Gasteiger partial charge is 0.378 e. The van der Waals surface area contributed by atoms with Crippen LogP contribution in [0, 0.1) is 17.3 Å². The number of rotatable bonds is 6. The lowest BCUT2D eigenvalue weighted by Gasteiger charge is -2.57. The average Bonchev–Trinajstić information content (AvgIpc) is 2.62. The SMILES string of the molecule is CCOC1CC(NC(=O)CC(C)C2CCNCC2)C12CCCCC2. The molecular formula is C20H36N2O2. The zero-order chi connectivity index (χ0) is 17.0. The highest BCUT2D eigenvalue weighted by molar-refractivity contribution is 5.76. The molecule has 3 atom stereocenters. The van der Waals surface area contributed by atoms with Crippen LogP contribution in [0.15, 0.2) is 0 Å². The summed E-state index contributed by atoms with van der Waals surface area (Å²) >= 11 is 0. The van der Waals surface area contributed by atoms with E-state index in [1.54, 1.807) is 0 Å². The van der Waals surface area contributed by atoms with Gasteiger partial charge < -0.3 is 15.4 Å². The van der Waals surface area contributed by atoms with E-state index in [0.29, 0.717) is 30.4 Å². The van der Waals surface area contributed by atoms with Gasteiger partial charge in [-0.25, -0.2) is 0 Å². The number of hydrogen-bond donors (Lipinski definition) is 2. The van der Waals surface area contributed by atoms with Crippen LogP contribution in [0.2, 0.25) is 0 Å². The van der Waals surface area contributed by atoms with Crippen LogP contribution in [0.1, 0.15) is 71.6 Å². The number of carbonyl (C=O) groups is 1. The summed E-state index contributed by atoms with van der Waals surface area (Å²) in [6, 6.07) is 0.349. The summed E-state index contributed by atoms with van der Waals surface area (Å²) in [7, 11) is 0. The molecule has 0 aromatic rings. The van der Waals surface area contributed by atoms with Gasteiger partial charge in [0.1, 0.15) is 0 Å². The van der Waals surface area contributed by atoms with Crippen LogP contribution in [0.3, 0.4) is 0 Å². The van der Waals surface area contributed by atoms with Crippen molar-refractivity contribution in [2.24, 2.45) is 17.3 Å². The third-order valence-electron chi connectivity index (χ3n) is 6.97. The van der Waals surface area contributed by atoms with Gasteiger partial charge in [0, 0.05) is 24.5 Å². The lowest BCUT2D eigenvalue weighted by atomic mass is 9.55. The van der Waals surface area contributed by atoms with Gasteiger partial charge >= 0.3 is 0 Å². The van der Waals surface area contributed by atoms with Crippen molar-refractivity contribution >= 4 is 5.91 Å². The monoisotopic (exact) mass is 336 g/mol. The van der Waals surface area contributed by atoms with Crippen LogP contribution in [0.4, 0.5) is 0 Å². The molecule has 1 amide bonds. The lowest BCUT2D eigenvalue weighted by Crippen LogP contribution is -2.65. The molecule has 2 N–H and O–H groups in total. The summed E-state index contributed by atoms with van der Waals surface area (Å²) in [5, 5.41) is 6.82. The summed E-state index contributed by atoms with van der Waals surface area (Å²) in [4.78, 5) is 12.6. The molecule has 0 radical (unpaired) electrons. The fourth-order valence-corrected chi connectivity index (χ4v) is 5.39. The Labute approximate surface area is 147 Å². The quantitative estimate of drug-likeness (QED) is 0.783. The van der Waals surface area contributed by atoms with Crippen molar-refractivity contribution in [2.75, 3.05) is 19.7 Å². The molecule has 3 fully saturated rings. The highest BCUT2D eigenvalue weighted by Crippen LogP contribution is 2.53. The van der Waals surface area contributed by atoms with Gasteiger partial charge in [-0.3, -0.25) is 4.79 Å². The number of piperidine rings is 1. The van der Waals surface area contributed by atoms with Gasteiger partial charge in [0.25, 0.3) is 0 Å². The fraction of sp³-hybridized carbons (Fsp3) is 0.950. The topological polar surface area (TPSA) is 50.4 Å². The molecule has 138 valence electrons. The van der Waals surface area contributed by atoms with Crippen molar-refractivity contribution in [1.82, 2.24) is 10.6 Å². The van der Waals surface area contributed by atoms with Gasteiger partial charge in [-0.15, -0.1) is 0 Å². The summed E-state index contributed by atoms with van der Waals surface area (Å²) in [5.74, 6) is 1.47. The van der Waals surface area contributed by atoms with Crippen LogP contribution < -0.4 is 10.6 Å². The van der Waals surface area contributed by atoms with Gasteiger partial charge in [-0.05, 0) is 64.0 Å². The van der Waals surface area contributed by atoms with Crippen LogP contribution >= 0.6 is 0 Å². The van der Waals surface area contributed by atoms with Gasteiger partial charge in [0.2, 0.25) is 5.91 Å². The number of amides is 1. The predicted octanol–water partition coefficient (Wildman–Crippen LogP) is 3.26. The average molecular weight is 337 g/mol. The van der Waals surface area contributed by atoms with Crippen molar-refractivity contribution in [3.8, 4) is 0 Å². The zero-order valence-electron chi connectivity index (χ0n) is 15.6. The van der Waals surface area contributed by atoms with Crippen molar-refractivity contribution in [3.63, 3.8) is 0 Å². The second-order valence-electron chi connectivity index (χ2n) is 8.36. The predicted molar refractivity (Wildman–Crippen MR) is 96.9 cm³/mol. The second kappa shape index (κ2) is 8.18. The molecule has 1 saturated heterocycles. The summed E-state index contributed by atoms with van der Waals surface area (Å²) in [6.45, 7) is 7.36. The Balaban J connectivity index is 1.51. The number of ether oxygens (including phenoxy) is 1. The maximum absolute atomic E-state index is 12.6. The second-order valence-corrected chi connectivity index (χ2v) is 8.36. The van der Waals surface area contributed by atoms with Crippen LogP contribution in [0.5, 0.6) is 0 Å². The maximum atomic E-state index is 12.6. The first-order valence-corrected chi connectivity index (χ1v) is 10.3. The molecule has 4 nitrogen and oxygen atoms in total. The molecular weight excluding hydrogens is 300 g/mol. The Kier molecular flexibility index (Phi) is 6.20. The Bertz CT molecular complexity index is 414. The Morgan fingerprint density at radius 1 is 1.25 bits per heavy atom. The zero-order valence-corrected chi connectivity index (χ0v) is 15.6. The molecule has 4 heteroatoms. The van der Waals surface area contributed by atoms with E-state index >= 15 is 0 Å². The van der Waals surface area contributed by atoms with E-state index in [-0.39, 0.29) is 11.3 Å². The van der Waals surface area contributed by atoms with Crippen molar-refractivity contribution in [1.29, 1.82) is 0 Å². The van der Waals surface area contributed by atoms with Crippen molar-refractivity contribution < 1.29 is 9.53 Å². The molecule has 1 heterocycles. The first-order chi connectivity index (χ1) is 11.7. The van der Waals surface area contributed by atoms with E-state index < -0.39 is 0 Å². The normalized spacial score (nSPS) is 31.4. The minimum Gasteiger partial charge on any atom is -0.378 e. The van der Waals surface area contributed by atoms with Crippen LogP contribution in [-0.2, 0) is 9.53 Å². The molecule has 2 aliphatic carbocycles. The third-order valence-corrected chi connectivity index (χ3v) is 6.97. The molecule has 0 aromatic carbocycles. The summed E-state index contributed by atoms with van der Waals surface area (Å²) in [6.07, 6.45) is 10.9. The number of carbonyl (C=O) groups excluding carboxylic acids is 1. The smallest absolute Gasteiger partial charge is 0.220 e. The van der Waals surface area contributed by atoms with Gasteiger partial charge in [-0.2, -0.15) is 0 Å². The molecule has 3 aliphatic rings. The number of hydrogen-bond acceptors (Lipinski definition) is 3. The molecule has 2 saturated carbocycles. The molecule has 3 unspecified atom stereocenters. The standard InChI is InChI=1S/C20H36N2O2/c1-3-24-18-14-17(20(18)9-5-4-6-10-20)22-19(23)13-15(2)16-7-11-21-12-8-16/h15-18,21H,3-14H2,1-2H3,(H,22,23). The van der Waals surface area contributed by atoms with E-state index in [9.17, 15) is 4.79 Å². The van der Waals surface area contributed by atoms with Crippen molar-refractivity contribution in [3.05, 3.63) is 0 Å². The fourth-order valence-electron chi connectivity index (χ4n) is 5.39. The molecule has 1 aliphatic heterocycles. The van der Waals surface area contributed by atoms with E-state index in [1.165, 1.54) is 44.9 Å². The van der Waals surface area contributed by atoms with E-state index in [2.05, 4.69) is 24.5 Å². The highest BCUT2D eigenvalue weighted by atomic mass is 16.5. The van der Waals surface area contributed by atoms with Crippen LogP contribution in [0.25, 0.3) is 0 Å². The molecule has 1 spiro atoms. The molecule has 3 rings (SSSR count). The number of nitrogens with one attached hydrogen (secondary N) is 2. The minimum atomic E-state index is 0.238. The maximum Gasteiger partial charge on any atom is 0.220 e. The van der Waals surface area contributed by atoms with E-state index in [0.717, 1.165) is 26.1 Å². The van der Waals surface area contributed by atoms with Gasteiger partial charge in [0.15, 0.2) is 0 Å². The highest BCUT2D eigenvalue weighted by Gasteiger charge is 2.56. The van der Waals surface area contributed by atoms with Gasteiger partial charge in [0.05, 0.1) is 6.10 Å². The molecule has 24 heavy (non-hydrogen) atoms. The van der Waals surface area contributed by atoms with E-state index in [4.69, 9.17) is 4.74 Å². The molecule has 0 bridgehead atoms. The minimum absolute atomic E-state index is 0.238. The Hall–Kier alpha value is -0.610. The Morgan fingerprint density at radius 3 is 2.62 bits per heavy atom. The summed E-state index contributed by atoms with van der Waals surface area (Å²) < 4.78 is 6.00. The van der Waals surface area contributed by atoms with Crippen molar-refractivity contribution in [2.45, 2.75) is 83.8 Å². The molecule has 0 aromatic heterocycles. The third kappa shape index (κ3) is 3.80. The van der Waals surface area contributed by atoms with E-state index in [1.807, 2.05) is 0 Å².